The van der Waals surface area contributed by atoms with Crippen LogP contribution < -0.4 is 10.6 Å². The minimum absolute atomic E-state index is 0.0920. The van der Waals surface area contributed by atoms with Crippen LogP contribution in [0.15, 0.2) is 67.0 Å². The highest BCUT2D eigenvalue weighted by atomic mass is 19.1. The Bertz CT molecular complexity index is 979. The number of amides is 1. The first kappa shape index (κ1) is 19.5. The second kappa shape index (κ2) is 8.21. The number of aromatic nitrogens is 1. The Kier molecular flexibility index (Phi) is 5.73. The Morgan fingerprint density at radius 3 is 2.50 bits per heavy atom. The van der Waals surface area contributed by atoms with Gasteiger partial charge in [0, 0.05) is 30.2 Å². The van der Waals surface area contributed by atoms with E-state index in [-0.39, 0.29) is 17.1 Å². The van der Waals surface area contributed by atoms with Gasteiger partial charge in [0.05, 0.1) is 11.3 Å². The molecular weight excluding hydrogens is 353 g/mol. The topological polar surface area (TPSA) is 54.0 Å². The third-order valence-corrected chi connectivity index (χ3v) is 4.42. The highest BCUT2D eigenvalue weighted by Gasteiger charge is 2.19. The number of nitrogens with zero attached hydrogens (tertiary/aromatic N) is 1. The van der Waals surface area contributed by atoms with Crippen molar-refractivity contribution in [2.45, 2.75) is 32.7 Å². The highest BCUT2D eigenvalue weighted by Crippen LogP contribution is 2.29. The predicted molar refractivity (Wildman–Crippen MR) is 111 cm³/mol. The molecule has 4 nitrogen and oxygen atoms in total. The van der Waals surface area contributed by atoms with Crippen molar-refractivity contribution in [2.75, 3.05) is 10.6 Å². The molecule has 0 radical (unpaired) electrons. The minimum Gasteiger partial charge on any atom is -0.380 e. The summed E-state index contributed by atoms with van der Waals surface area (Å²) in [6.07, 6.45) is 3.13. The lowest BCUT2D eigenvalue weighted by Crippen LogP contribution is -2.19. The van der Waals surface area contributed by atoms with Gasteiger partial charge in [-0.1, -0.05) is 57.2 Å². The first-order valence-corrected chi connectivity index (χ1v) is 9.18. The molecule has 0 spiro atoms. The fourth-order valence-corrected chi connectivity index (χ4v) is 2.94. The maximum atomic E-state index is 13.8. The van der Waals surface area contributed by atoms with Crippen LogP contribution in [0.5, 0.6) is 0 Å². The summed E-state index contributed by atoms with van der Waals surface area (Å²) in [4.78, 5) is 16.9. The molecule has 1 aromatic heterocycles. The van der Waals surface area contributed by atoms with Gasteiger partial charge in [-0.3, -0.25) is 9.78 Å². The Morgan fingerprint density at radius 2 is 1.75 bits per heavy atom. The third-order valence-electron chi connectivity index (χ3n) is 4.42. The maximum absolute atomic E-state index is 13.8. The summed E-state index contributed by atoms with van der Waals surface area (Å²) in [5, 5.41) is 6.09. The zero-order valence-corrected chi connectivity index (χ0v) is 16.3. The number of anilines is 2. The molecule has 0 aliphatic heterocycles. The monoisotopic (exact) mass is 377 g/mol. The molecule has 28 heavy (non-hydrogen) atoms. The lowest BCUT2D eigenvalue weighted by molar-refractivity contribution is 0.102. The second-order valence-electron chi connectivity index (χ2n) is 7.66. The van der Waals surface area contributed by atoms with E-state index in [0.717, 1.165) is 11.3 Å². The van der Waals surface area contributed by atoms with Crippen LogP contribution in [0.4, 0.5) is 15.8 Å². The molecule has 0 unspecified atom stereocenters. The zero-order valence-electron chi connectivity index (χ0n) is 16.3. The van der Waals surface area contributed by atoms with Gasteiger partial charge in [0.25, 0.3) is 5.91 Å². The summed E-state index contributed by atoms with van der Waals surface area (Å²) in [5.41, 5.74) is 3.39. The quantitative estimate of drug-likeness (QED) is 0.627. The Morgan fingerprint density at radius 1 is 1.04 bits per heavy atom. The van der Waals surface area contributed by atoms with Crippen LogP contribution in [0.3, 0.4) is 0 Å². The van der Waals surface area contributed by atoms with Gasteiger partial charge in [-0.05, 0) is 29.2 Å². The van der Waals surface area contributed by atoms with E-state index in [1.54, 1.807) is 30.5 Å². The Labute approximate surface area is 164 Å². The van der Waals surface area contributed by atoms with Crippen LogP contribution in [0.25, 0.3) is 0 Å². The first-order valence-electron chi connectivity index (χ1n) is 9.18. The van der Waals surface area contributed by atoms with Crippen molar-refractivity contribution >= 4 is 17.3 Å². The summed E-state index contributed by atoms with van der Waals surface area (Å²) in [6, 6.07) is 16.1. The number of carbonyl (C=O) groups is 1. The molecule has 0 atom stereocenters. The third kappa shape index (κ3) is 4.74. The molecule has 0 bridgehead atoms. The van der Waals surface area contributed by atoms with Crippen LogP contribution in [0.1, 0.15) is 42.3 Å². The van der Waals surface area contributed by atoms with Crippen molar-refractivity contribution in [3.8, 4) is 0 Å². The van der Waals surface area contributed by atoms with E-state index < -0.39 is 0 Å². The van der Waals surface area contributed by atoms with Gasteiger partial charge in [-0.15, -0.1) is 0 Å². The lowest BCUT2D eigenvalue weighted by Gasteiger charge is -2.23. The van der Waals surface area contributed by atoms with Crippen LogP contribution in [0.2, 0.25) is 0 Å². The Balaban J connectivity index is 1.74. The molecule has 0 saturated heterocycles. The molecule has 2 N–H and O–H groups in total. The fourth-order valence-electron chi connectivity index (χ4n) is 2.94. The average Bonchev–Trinajstić information content (AvgIpc) is 2.67. The van der Waals surface area contributed by atoms with E-state index in [2.05, 4.69) is 36.4 Å². The van der Waals surface area contributed by atoms with Crippen molar-refractivity contribution in [2.24, 2.45) is 0 Å². The number of hydrogen-bond donors (Lipinski definition) is 2. The van der Waals surface area contributed by atoms with Crippen molar-refractivity contribution in [3.05, 3.63) is 89.5 Å². The summed E-state index contributed by atoms with van der Waals surface area (Å²) in [6.45, 7) is 6.62. The molecule has 5 heteroatoms. The summed E-state index contributed by atoms with van der Waals surface area (Å²) < 4.78 is 13.8. The van der Waals surface area contributed by atoms with Gasteiger partial charge in [-0.25, -0.2) is 4.39 Å². The maximum Gasteiger partial charge on any atom is 0.257 e. The molecule has 0 saturated carbocycles. The van der Waals surface area contributed by atoms with Gasteiger partial charge in [0.1, 0.15) is 5.82 Å². The molecular formula is C23H24FN3O. The summed E-state index contributed by atoms with van der Waals surface area (Å²) in [5.74, 6) is -0.505. The average molecular weight is 377 g/mol. The number of benzene rings is 2. The molecule has 3 aromatic rings. The van der Waals surface area contributed by atoms with Gasteiger partial charge < -0.3 is 10.6 Å². The molecule has 0 aliphatic carbocycles. The summed E-state index contributed by atoms with van der Waals surface area (Å²) in [7, 11) is 0. The van der Waals surface area contributed by atoms with Gasteiger partial charge >= 0.3 is 0 Å². The molecule has 2 aromatic carbocycles. The van der Waals surface area contributed by atoms with Crippen LogP contribution in [0, 0.1) is 5.82 Å². The van der Waals surface area contributed by atoms with Crippen LogP contribution in [-0.2, 0) is 12.0 Å². The van der Waals surface area contributed by atoms with E-state index in [0.29, 0.717) is 23.4 Å². The number of para-hydroxylation sites is 1. The first-order chi connectivity index (χ1) is 13.3. The highest BCUT2D eigenvalue weighted by molar-refractivity contribution is 6.05. The van der Waals surface area contributed by atoms with Gasteiger partial charge in [0.2, 0.25) is 0 Å². The van der Waals surface area contributed by atoms with Gasteiger partial charge in [-0.2, -0.15) is 0 Å². The number of carbonyl (C=O) groups excluding carboxylic acids is 1. The number of nitrogens with one attached hydrogen (secondary N) is 2. The number of hydrogen-bond acceptors (Lipinski definition) is 3. The van der Waals surface area contributed by atoms with E-state index in [1.165, 1.54) is 12.3 Å². The molecule has 0 aliphatic rings. The van der Waals surface area contributed by atoms with E-state index >= 15 is 0 Å². The molecule has 1 heterocycles. The van der Waals surface area contributed by atoms with E-state index in [9.17, 15) is 9.18 Å². The molecule has 1 amide bonds. The molecule has 0 fully saturated rings. The van der Waals surface area contributed by atoms with Crippen molar-refractivity contribution < 1.29 is 9.18 Å². The smallest absolute Gasteiger partial charge is 0.257 e. The van der Waals surface area contributed by atoms with Crippen LogP contribution >= 0.6 is 0 Å². The summed E-state index contributed by atoms with van der Waals surface area (Å²) >= 11 is 0. The Hall–Kier alpha value is -3.21. The zero-order chi connectivity index (χ0) is 20.1. The lowest BCUT2D eigenvalue weighted by atomic mass is 9.86. The predicted octanol–water partition coefficient (Wildman–Crippen LogP) is 5.38. The SMILES string of the molecule is CC(C)(C)c1ccccc1NC(=O)c1cncc(NCc2ccccc2F)c1. The van der Waals surface area contributed by atoms with E-state index in [1.807, 2.05) is 24.3 Å². The van der Waals surface area contributed by atoms with E-state index in [4.69, 9.17) is 0 Å². The second-order valence-corrected chi connectivity index (χ2v) is 7.66. The van der Waals surface area contributed by atoms with Crippen molar-refractivity contribution in [1.29, 1.82) is 0 Å². The van der Waals surface area contributed by atoms with Crippen molar-refractivity contribution in [3.63, 3.8) is 0 Å². The number of pyridine rings is 1. The van der Waals surface area contributed by atoms with Crippen molar-refractivity contribution in [1.82, 2.24) is 4.98 Å². The van der Waals surface area contributed by atoms with Crippen LogP contribution in [-0.4, -0.2) is 10.9 Å². The number of rotatable bonds is 5. The number of halogens is 1. The molecule has 144 valence electrons. The standard InChI is InChI=1S/C23H24FN3O/c1-23(2,3)19-9-5-7-11-21(19)27-22(28)17-12-18(15-25-13-17)26-14-16-8-4-6-10-20(16)24/h4-13,15,26H,14H2,1-3H3,(H,27,28). The van der Waals surface area contributed by atoms with Gasteiger partial charge in [0.15, 0.2) is 0 Å². The largest absolute Gasteiger partial charge is 0.380 e. The minimum atomic E-state index is -0.268. The molecule has 3 rings (SSSR count). The normalized spacial score (nSPS) is 11.1. The fraction of sp³-hybridized carbons (Fsp3) is 0.217.